The van der Waals surface area contributed by atoms with Crippen LogP contribution in [-0.2, 0) is 19.1 Å². The van der Waals surface area contributed by atoms with Crippen molar-refractivity contribution in [3.63, 3.8) is 0 Å². The first-order chi connectivity index (χ1) is 16.0. The summed E-state index contributed by atoms with van der Waals surface area (Å²) >= 11 is 7.20. The van der Waals surface area contributed by atoms with E-state index in [2.05, 4.69) is 15.5 Å². The standard InChI is InChI=1S/C23H29ClN4O4S/c1-2-32-21(31)13-12-20(30)28(18-6-4-3-5-7-18)15-14-19(29)25-23-27-26-22(33-23)16-8-10-17(24)11-9-16/h8-11,18H,2-7,12-15H2,1H3,(H,25,27,29). The van der Waals surface area contributed by atoms with Gasteiger partial charge in [-0.25, -0.2) is 0 Å². The molecule has 1 heterocycles. The lowest BCUT2D eigenvalue weighted by molar-refractivity contribution is -0.146. The van der Waals surface area contributed by atoms with Crippen LogP contribution in [0.1, 0.15) is 58.3 Å². The molecule has 0 spiro atoms. The highest BCUT2D eigenvalue weighted by molar-refractivity contribution is 7.18. The number of hydrogen-bond acceptors (Lipinski definition) is 7. The lowest BCUT2D eigenvalue weighted by atomic mass is 9.93. The second-order valence-corrected chi connectivity index (χ2v) is 9.32. The Morgan fingerprint density at radius 3 is 2.52 bits per heavy atom. The fourth-order valence-electron chi connectivity index (χ4n) is 3.88. The van der Waals surface area contributed by atoms with Crippen molar-refractivity contribution in [2.45, 2.75) is 64.3 Å². The molecule has 2 aromatic rings. The van der Waals surface area contributed by atoms with Crippen LogP contribution in [0.2, 0.25) is 5.02 Å². The summed E-state index contributed by atoms with van der Waals surface area (Å²) in [7, 11) is 0. The number of ether oxygens (including phenoxy) is 1. The molecular formula is C23H29ClN4O4S. The van der Waals surface area contributed by atoms with Crippen molar-refractivity contribution in [2.24, 2.45) is 0 Å². The fraction of sp³-hybridized carbons (Fsp3) is 0.522. The van der Waals surface area contributed by atoms with Crippen LogP contribution in [0.5, 0.6) is 0 Å². The quantitative estimate of drug-likeness (QED) is 0.483. The van der Waals surface area contributed by atoms with Gasteiger partial charge in [-0.3, -0.25) is 14.4 Å². The van der Waals surface area contributed by atoms with Gasteiger partial charge in [-0.05, 0) is 31.9 Å². The van der Waals surface area contributed by atoms with Gasteiger partial charge in [-0.1, -0.05) is 54.3 Å². The Balaban J connectivity index is 1.55. The summed E-state index contributed by atoms with van der Waals surface area (Å²) in [6.45, 7) is 2.34. The summed E-state index contributed by atoms with van der Waals surface area (Å²) < 4.78 is 4.93. The van der Waals surface area contributed by atoms with Crippen LogP contribution in [-0.4, -0.2) is 52.1 Å². The Hall–Kier alpha value is -2.52. The van der Waals surface area contributed by atoms with Gasteiger partial charge in [-0.2, -0.15) is 0 Å². The molecule has 1 aromatic carbocycles. The Labute approximate surface area is 202 Å². The molecule has 0 atom stereocenters. The zero-order valence-corrected chi connectivity index (χ0v) is 20.3. The fourth-order valence-corrected chi connectivity index (χ4v) is 4.77. The van der Waals surface area contributed by atoms with Gasteiger partial charge in [0.2, 0.25) is 16.9 Å². The molecule has 0 radical (unpaired) electrons. The number of nitrogens with one attached hydrogen (secondary N) is 1. The predicted molar refractivity (Wildman–Crippen MR) is 128 cm³/mol. The summed E-state index contributed by atoms with van der Waals surface area (Å²) in [6.07, 6.45) is 5.44. The second-order valence-electron chi connectivity index (χ2n) is 7.90. The summed E-state index contributed by atoms with van der Waals surface area (Å²) in [5.74, 6) is -0.712. The third kappa shape index (κ3) is 7.78. The van der Waals surface area contributed by atoms with Gasteiger partial charge >= 0.3 is 5.97 Å². The molecule has 3 rings (SSSR count). The monoisotopic (exact) mass is 492 g/mol. The van der Waals surface area contributed by atoms with Gasteiger partial charge in [0.1, 0.15) is 5.01 Å². The smallest absolute Gasteiger partial charge is 0.306 e. The van der Waals surface area contributed by atoms with E-state index in [4.69, 9.17) is 16.3 Å². The van der Waals surface area contributed by atoms with Crippen LogP contribution in [0.3, 0.4) is 0 Å². The maximum Gasteiger partial charge on any atom is 0.306 e. The van der Waals surface area contributed by atoms with E-state index in [-0.39, 0.29) is 43.1 Å². The largest absolute Gasteiger partial charge is 0.466 e. The number of halogens is 1. The van der Waals surface area contributed by atoms with Crippen LogP contribution < -0.4 is 5.32 Å². The van der Waals surface area contributed by atoms with Crippen molar-refractivity contribution in [1.82, 2.24) is 15.1 Å². The number of rotatable bonds is 10. The Bertz CT molecular complexity index is 944. The molecule has 2 amide bonds. The second kappa shape index (κ2) is 12.6. The molecule has 0 saturated heterocycles. The molecule has 10 heteroatoms. The molecule has 1 N–H and O–H groups in total. The minimum absolute atomic E-state index is 0.0559. The van der Waals surface area contributed by atoms with E-state index in [0.29, 0.717) is 28.3 Å². The van der Waals surface area contributed by atoms with E-state index in [9.17, 15) is 14.4 Å². The van der Waals surface area contributed by atoms with Crippen molar-refractivity contribution in [3.8, 4) is 10.6 Å². The van der Waals surface area contributed by atoms with E-state index < -0.39 is 0 Å². The highest BCUT2D eigenvalue weighted by atomic mass is 35.5. The number of aromatic nitrogens is 2. The van der Waals surface area contributed by atoms with E-state index in [1.807, 2.05) is 12.1 Å². The lowest BCUT2D eigenvalue weighted by Gasteiger charge is -2.34. The first kappa shape index (κ1) is 25.1. The molecule has 8 nitrogen and oxygen atoms in total. The average Bonchev–Trinajstić information content (AvgIpc) is 3.27. The summed E-state index contributed by atoms with van der Waals surface area (Å²) in [5, 5.41) is 12.7. The van der Waals surface area contributed by atoms with Gasteiger partial charge in [0, 0.05) is 36.0 Å². The van der Waals surface area contributed by atoms with Gasteiger partial charge in [-0.15, -0.1) is 10.2 Å². The molecule has 1 aromatic heterocycles. The molecule has 1 aliphatic carbocycles. The Morgan fingerprint density at radius 1 is 1.09 bits per heavy atom. The van der Waals surface area contributed by atoms with Crippen molar-refractivity contribution < 1.29 is 19.1 Å². The predicted octanol–water partition coefficient (Wildman–Crippen LogP) is 4.69. The number of nitrogens with zero attached hydrogens (tertiary/aromatic N) is 3. The molecule has 33 heavy (non-hydrogen) atoms. The summed E-state index contributed by atoms with van der Waals surface area (Å²) in [4.78, 5) is 38.9. The highest BCUT2D eigenvalue weighted by Gasteiger charge is 2.26. The number of carbonyl (C=O) groups is 3. The van der Waals surface area contributed by atoms with Gasteiger partial charge < -0.3 is 15.0 Å². The molecule has 0 bridgehead atoms. The van der Waals surface area contributed by atoms with E-state index >= 15 is 0 Å². The zero-order chi connectivity index (χ0) is 23.6. The molecular weight excluding hydrogens is 464 g/mol. The number of anilines is 1. The van der Waals surface area contributed by atoms with Crippen molar-refractivity contribution in [1.29, 1.82) is 0 Å². The van der Waals surface area contributed by atoms with Crippen LogP contribution in [0.4, 0.5) is 5.13 Å². The lowest BCUT2D eigenvalue weighted by Crippen LogP contribution is -2.43. The molecule has 1 saturated carbocycles. The third-order valence-electron chi connectivity index (χ3n) is 5.53. The van der Waals surface area contributed by atoms with E-state index in [1.54, 1.807) is 24.0 Å². The number of carbonyl (C=O) groups excluding carboxylic acids is 3. The SMILES string of the molecule is CCOC(=O)CCC(=O)N(CCC(=O)Nc1nnc(-c2ccc(Cl)cc2)s1)C1CCCCC1. The number of amides is 2. The van der Waals surface area contributed by atoms with Gasteiger partial charge in [0.05, 0.1) is 13.0 Å². The first-order valence-corrected chi connectivity index (χ1v) is 12.5. The highest BCUT2D eigenvalue weighted by Crippen LogP contribution is 2.28. The maximum atomic E-state index is 12.9. The topological polar surface area (TPSA) is 101 Å². The van der Waals surface area contributed by atoms with Crippen molar-refractivity contribution in [3.05, 3.63) is 29.3 Å². The summed E-state index contributed by atoms with van der Waals surface area (Å²) in [6, 6.07) is 7.35. The molecule has 1 aliphatic rings. The van der Waals surface area contributed by atoms with E-state index in [0.717, 1.165) is 37.7 Å². The number of benzene rings is 1. The van der Waals surface area contributed by atoms with E-state index in [1.165, 1.54) is 11.3 Å². The molecule has 0 unspecified atom stereocenters. The van der Waals surface area contributed by atoms with Crippen LogP contribution >= 0.6 is 22.9 Å². The van der Waals surface area contributed by atoms with Crippen LogP contribution in [0.25, 0.3) is 10.6 Å². The maximum absolute atomic E-state index is 12.9. The Kier molecular flexibility index (Phi) is 9.62. The van der Waals surface area contributed by atoms with Crippen molar-refractivity contribution >= 4 is 45.9 Å². The third-order valence-corrected chi connectivity index (χ3v) is 6.67. The normalized spacial score (nSPS) is 14.0. The first-order valence-electron chi connectivity index (χ1n) is 11.3. The van der Waals surface area contributed by atoms with Crippen LogP contribution in [0, 0.1) is 0 Å². The minimum Gasteiger partial charge on any atom is -0.466 e. The summed E-state index contributed by atoms with van der Waals surface area (Å²) in [5.41, 5.74) is 0.869. The van der Waals surface area contributed by atoms with Crippen molar-refractivity contribution in [2.75, 3.05) is 18.5 Å². The molecule has 0 aliphatic heterocycles. The molecule has 178 valence electrons. The average molecular weight is 493 g/mol. The van der Waals surface area contributed by atoms with Gasteiger partial charge in [0.15, 0.2) is 0 Å². The Morgan fingerprint density at radius 2 is 1.82 bits per heavy atom. The zero-order valence-electron chi connectivity index (χ0n) is 18.7. The van der Waals surface area contributed by atoms with Crippen LogP contribution in [0.15, 0.2) is 24.3 Å². The number of esters is 1. The minimum atomic E-state index is -0.375. The molecule has 1 fully saturated rings. The van der Waals surface area contributed by atoms with Gasteiger partial charge in [0.25, 0.3) is 0 Å². The number of hydrogen-bond donors (Lipinski definition) is 1.